The predicted molar refractivity (Wildman–Crippen MR) is 110 cm³/mol. The first kappa shape index (κ1) is 20.0. The van der Waals surface area contributed by atoms with E-state index in [0.717, 1.165) is 17.3 Å². The largest absolute Gasteiger partial charge is 0.325 e. The zero-order valence-corrected chi connectivity index (χ0v) is 16.4. The van der Waals surface area contributed by atoms with Gasteiger partial charge >= 0.3 is 0 Å². The summed E-state index contributed by atoms with van der Waals surface area (Å²) in [5.74, 6) is -1.08. The fourth-order valence-electron chi connectivity index (χ4n) is 2.36. The van der Waals surface area contributed by atoms with Crippen molar-refractivity contribution in [1.82, 2.24) is 5.32 Å². The van der Waals surface area contributed by atoms with Gasteiger partial charge in [0.05, 0.1) is 5.71 Å². The Bertz CT molecular complexity index is 945. The lowest BCUT2D eigenvalue weighted by atomic mass is 10.1. The van der Waals surface area contributed by atoms with Gasteiger partial charge in [0.2, 0.25) is 11.8 Å². The fraction of sp³-hybridized carbons (Fsp3) is 0.158. The van der Waals surface area contributed by atoms with E-state index in [4.69, 9.17) is 11.6 Å². The van der Waals surface area contributed by atoms with Gasteiger partial charge < -0.3 is 10.6 Å². The average molecular weight is 419 g/mol. The molecule has 0 saturated carbocycles. The molecule has 9 heteroatoms. The summed E-state index contributed by atoms with van der Waals surface area (Å²) in [7, 11) is 0. The summed E-state index contributed by atoms with van der Waals surface area (Å²) in [6.45, 7) is 1.78. The van der Waals surface area contributed by atoms with Crippen molar-refractivity contribution in [1.29, 1.82) is 0 Å². The Hall–Kier alpha value is -2.71. The molecule has 2 aromatic rings. The minimum Gasteiger partial charge on any atom is -0.325 e. The van der Waals surface area contributed by atoms with Gasteiger partial charge in [-0.15, -0.1) is 5.10 Å². The fourth-order valence-corrected chi connectivity index (χ4v) is 3.42. The molecule has 28 heavy (non-hydrogen) atoms. The van der Waals surface area contributed by atoms with Gasteiger partial charge in [-0.1, -0.05) is 35.5 Å². The van der Waals surface area contributed by atoms with Gasteiger partial charge in [0.25, 0.3) is 0 Å². The Morgan fingerprint density at radius 1 is 1.21 bits per heavy atom. The number of nitrogens with zero attached hydrogens (tertiary/aromatic N) is 2. The van der Waals surface area contributed by atoms with Crippen LogP contribution in [-0.2, 0) is 9.59 Å². The van der Waals surface area contributed by atoms with E-state index in [2.05, 4.69) is 20.8 Å². The minimum atomic E-state index is -0.663. The van der Waals surface area contributed by atoms with Crippen LogP contribution >= 0.6 is 23.4 Å². The third kappa shape index (κ3) is 5.40. The van der Waals surface area contributed by atoms with Crippen LogP contribution in [0.4, 0.5) is 10.1 Å². The van der Waals surface area contributed by atoms with E-state index in [1.165, 1.54) is 24.3 Å². The van der Waals surface area contributed by atoms with E-state index < -0.39 is 11.1 Å². The molecule has 0 spiro atoms. The smallest absolute Gasteiger partial charge is 0.238 e. The molecule has 1 aliphatic heterocycles. The highest BCUT2D eigenvalue weighted by molar-refractivity contribution is 8.15. The normalized spacial score (nSPS) is 18.7. The first-order valence-electron chi connectivity index (χ1n) is 8.32. The van der Waals surface area contributed by atoms with Gasteiger partial charge in [0.15, 0.2) is 5.17 Å². The first-order valence-corrected chi connectivity index (χ1v) is 9.57. The molecular formula is C19H16ClFN4O2S. The molecule has 0 bridgehead atoms. The summed E-state index contributed by atoms with van der Waals surface area (Å²) < 4.78 is 13.0. The lowest BCUT2D eigenvalue weighted by Crippen LogP contribution is -2.41. The van der Waals surface area contributed by atoms with Crippen molar-refractivity contribution in [3.05, 3.63) is 64.9 Å². The van der Waals surface area contributed by atoms with Crippen LogP contribution in [0.5, 0.6) is 0 Å². The van der Waals surface area contributed by atoms with Crippen molar-refractivity contribution in [2.75, 3.05) is 5.32 Å². The van der Waals surface area contributed by atoms with Gasteiger partial charge in [-0.3, -0.25) is 9.59 Å². The maximum Gasteiger partial charge on any atom is 0.238 e. The Morgan fingerprint density at radius 2 is 1.89 bits per heavy atom. The van der Waals surface area contributed by atoms with Crippen LogP contribution in [0.2, 0.25) is 5.02 Å². The second kappa shape index (κ2) is 8.99. The minimum absolute atomic E-state index is 0.0105. The summed E-state index contributed by atoms with van der Waals surface area (Å²) in [5, 5.41) is 13.6. The number of hydrogen-bond donors (Lipinski definition) is 2. The number of amidine groups is 1. The molecule has 6 nitrogen and oxygen atoms in total. The molecule has 1 atom stereocenters. The van der Waals surface area contributed by atoms with Gasteiger partial charge in [-0.2, -0.15) is 5.10 Å². The van der Waals surface area contributed by atoms with Crippen molar-refractivity contribution in [3.63, 3.8) is 0 Å². The topological polar surface area (TPSA) is 82.9 Å². The van der Waals surface area contributed by atoms with Gasteiger partial charge in [0, 0.05) is 17.1 Å². The van der Waals surface area contributed by atoms with E-state index in [0.29, 0.717) is 16.4 Å². The Balaban J connectivity index is 1.69. The Labute approximate surface area is 170 Å². The van der Waals surface area contributed by atoms with Crippen LogP contribution in [0, 0.1) is 5.82 Å². The Morgan fingerprint density at radius 3 is 2.57 bits per heavy atom. The van der Waals surface area contributed by atoms with Crippen LogP contribution in [0.15, 0.2) is 58.7 Å². The molecule has 144 valence electrons. The highest BCUT2D eigenvalue weighted by atomic mass is 35.5. The lowest BCUT2D eigenvalue weighted by molar-refractivity contribution is -0.123. The lowest BCUT2D eigenvalue weighted by Gasteiger charge is -2.21. The molecule has 0 radical (unpaired) electrons. The van der Waals surface area contributed by atoms with E-state index in [1.807, 2.05) is 12.1 Å². The monoisotopic (exact) mass is 418 g/mol. The summed E-state index contributed by atoms with van der Waals surface area (Å²) in [5.41, 5.74) is 1.93. The van der Waals surface area contributed by atoms with Crippen molar-refractivity contribution >= 4 is 51.7 Å². The zero-order valence-electron chi connectivity index (χ0n) is 14.8. The number of carbonyl (C=O) groups is 2. The van der Waals surface area contributed by atoms with Crippen molar-refractivity contribution < 1.29 is 14.0 Å². The van der Waals surface area contributed by atoms with E-state index in [-0.39, 0.29) is 23.4 Å². The molecule has 2 N–H and O–H groups in total. The number of halogens is 2. The molecule has 3 rings (SSSR count). The summed E-state index contributed by atoms with van der Waals surface area (Å²) in [6.07, 6.45) is 0.0105. The van der Waals surface area contributed by atoms with Crippen LogP contribution in [0.3, 0.4) is 0 Å². The van der Waals surface area contributed by atoms with Crippen molar-refractivity contribution in [3.8, 4) is 0 Å². The molecule has 1 saturated heterocycles. The number of carbonyl (C=O) groups excluding carboxylic acids is 2. The molecule has 0 aliphatic carbocycles. The maximum atomic E-state index is 13.0. The third-order valence-electron chi connectivity index (χ3n) is 3.83. The van der Waals surface area contributed by atoms with E-state index in [9.17, 15) is 14.0 Å². The molecule has 1 aliphatic rings. The number of nitrogens with one attached hydrogen (secondary N) is 2. The standard InChI is InChI=1S/C19H16ClFN4O2S/c1-11(12-2-4-13(20)5-3-12)24-25-19-23-17(26)10-16(28-19)18(27)22-15-8-6-14(21)7-9-15/h2-9,16H,10H2,1H3,(H,22,27)(H,23,25,26)/b24-11-/t16-/m0/s1. The Kier molecular flexibility index (Phi) is 6.43. The SMILES string of the molecule is C/C(=N/N=C1/NC(=O)C[C@@H](C(=O)Nc2ccc(F)cc2)S1)c1ccc(Cl)cc1. The molecule has 1 fully saturated rings. The van der Waals surface area contributed by atoms with Crippen LogP contribution in [-0.4, -0.2) is 27.9 Å². The third-order valence-corrected chi connectivity index (χ3v) is 5.15. The van der Waals surface area contributed by atoms with E-state index in [1.54, 1.807) is 19.1 Å². The summed E-state index contributed by atoms with van der Waals surface area (Å²) >= 11 is 6.98. The van der Waals surface area contributed by atoms with Crippen LogP contribution in [0.1, 0.15) is 18.9 Å². The molecule has 0 aromatic heterocycles. The summed E-state index contributed by atoms with van der Waals surface area (Å²) in [6, 6.07) is 12.5. The second-order valence-corrected chi connectivity index (χ2v) is 7.58. The average Bonchev–Trinajstić information content (AvgIpc) is 2.68. The number of rotatable bonds is 4. The number of hydrogen-bond acceptors (Lipinski definition) is 5. The maximum absolute atomic E-state index is 13.0. The quantitative estimate of drug-likeness (QED) is 0.585. The number of benzene rings is 2. The van der Waals surface area contributed by atoms with Crippen molar-refractivity contribution in [2.24, 2.45) is 10.2 Å². The van der Waals surface area contributed by atoms with Gasteiger partial charge in [0.1, 0.15) is 11.1 Å². The van der Waals surface area contributed by atoms with Crippen molar-refractivity contribution in [2.45, 2.75) is 18.6 Å². The summed E-state index contributed by atoms with van der Waals surface area (Å²) in [4.78, 5) is 24.4. The molecular weight excluding hydrogens is 403 g/mol. The number of thioether (sulfide) groups is 1. The molecule has 2 aromatic carbocycles. The number of amides is 2. The number of anilines is 1. The first-order chi connectivity index (χ1) is 13.4. The predicted octanol–water partition coefficient (Wildman–Crippen LogP) is 3.82. The highest BCUT2D eigenvalue weighted by Crippen LogP contribution is 2.23. The van der Waals surface area contributed by atoms with Crippen LogP contribution < -0.4 is 10.6 Å². The molecule has 0 unspecified atom stereocenters. The van der Waals surface area contributed by atoms with Crippen LogP contribution in [0.25, 0.3) is 0 Å². The van der Waals surface area contributed by atoms with Gasteiger partial charge in [-0.05, 0) is 48.9 Å². The molecule has 2 amide bonds. The molecule has 1 heterocycles. The highest BCUT2D eigenvalue weighted by Gasteiger charge is 2.30. The van der Waals surface area contributed by atoms with Gasteiger partial charge in [-0.25, -0.2) is 4.39 Å². The zero-order chi connectivity index (χ0) is 20.1. The van der Waals surface area contributed by atoms with E-state index >= 15 is 0 Å². The second-order valence-electron chi connectivity index (χ2n) is 5.95.